The minimum atomic E-state index is -0.154. The summed E-state index contributed by atoms with van der Waals surface area (Å²) in [5.41, 5.74) is 1.01. The molecular formula is C20H19NO3. The number of ether oxygens (including phenoxy) is 2. The van der Waals surface area contributed by atoms with Crippen molar-refractivity contribution in [1.29, 1.82) is 0 Å². The first kappa shape index (κ1) is 15.9. The summed E-state index contributed by atoms with van der Waals surface area (Å²) < 4.78 is 10.7. The first-order valence-electron chi connectivity index (χ1n) is 7.76. The molecule has 3 aromatic carbocycles. The third-order valence-corrected chi connectivity index (χ3v) is 3.74. The van der Waals surface area contributed by atoms with Crippen LogP contribution in [0, 0.1) is 0 Å². The van der Waals surface area contributed by atoms with Crippen molar-refractivity contribution in [2.45, 2.75) is 6.54 Å². The molecule has 24 heavy (non-hydrogen) atoms. The Balaban J connectivity index is 1.50. The van der Waals surface area contributed by atoms with E-state index in [1.165, 1.54) is 0 Å². The van der Waals surface area contributed by atoms with Gasteiger partial charge in [-0.15, -0.1) is 0 Å². The lowest BCUT2D eigenvalue weighted by molar-refractivity contribution is -0.123. The molecule has 0 aromatic heterocycles. The van der Waals surface area contributed by atoms with Crippen LogP contribution in [0.25, 0.3) is 10.8 Å². The molecule has 0 aliphatic carbocycles. The fourth-order valence-electron chi connectivity index (χ4n) is 2.40. The van der Waals surface area contributed by atoms with Crippen molar-refractivity contribution >= 4 is 16.7 Å². The van der Waals surface area contributed by atoms with Gasteiger partial charge in [-0.3, -0.25) is 4.79 Å². The maximum atomic E-state index is 11.9. The molecule has 4 nitrogen and oxygen atoms in total. The van der Waals surface area contributed by atoms with Gasteiger partial charge in [0.25, 0.3) is 5.91 Å². The van der Waals surface area contributed by atoms with Crippen molar-refractivity contribution < 1.29 is 14.3 Å². The molecule has 0 saturated heterocycles. The lowest BCUT2D eigenvalue weighted by Crippen LogP contribution is -2.28. The van der Waals surface area contributed by atoms with E-state index in [2.05, 4.69) is 5.32 Å². The molecule has 1 amide bonds. The first-order chi connectivity index (χ1) is 11.7. The molecule has 0 radical (unpaired) electrons. The predicted molar refractivity (Wildman–Crippen MR) is 94.3 cm³/mol. The van der Waals surface area contributed by atoms with Gasteiger partial charge < -0.3 is 14.8 Å². The Bertz CT molecular complexity index is 828. The summed E-state index contributed by atoms with van der Waals surface area (Å²) in [5.74, 6) is 1.33. The molecule has 3 rings (SSSR count). The Kier molecular flexibility index (Phi) is 4.96. The molecule has 1 N–H and O–H groups in total. The normalized spacial score (nSPS) is 10.4. The maximum Gasteiger partial charge on any atom is 0.258 e. The molecule has 4 heteroatoms. The number of fused-ring (bicyclic) bond motifs is 1. The van der Waals surface area contributed by atoms with E-state index in [0.717, 1.165) is 22.1 Å². The van der Waals surface area contributed by atoms with E-state index in [9.17, 15) is 4.79 Å². The van der Waals surface area contributed by atoms with Gasteiger partial charge in [-0.2, -0.15) is 0 Å². The molecule has 0 atom stereocenters. The predicted octanol–water partition coefficient (Wildman–Crippen LogP) is 3.54. The van der Waals surface area contributed by atoms with Gasteiger partial charge in [0.05, 0.1) is 7.11 Å². The summed E-state index contributed by atoms with van der Waals surface area (Å²) in [4.78, 5) is 11.9. The van der Waals surface area contributed by atoms with Crippen molar-refractivity contribution in [3.8, 4) is 11.5 Å². The molecule has 0 fully saturated rings. The van der Waals surface area contributed by atoms with Crippen LogP contribution >= 0.6 is 0 Å². The molecule has 0 bridgehead atoms. The maximum absolute atomic E-state index is 11.9. The van der Waals surface area contributed by atoms with Gasteiger partial charge in [0.15, 0.2) is 6.61 Å². The summed E-state index contributed by atoms with van der Waals surface area (Å²) in [6.45, 7) is 0.457. The van der Waals surface area contributed by atoms with Crippen LogP contribution in [0.15, 0.2) is 66.7 Å². The third-order valence-electron chi connectivity index (χ3n) is 3.74. The lowest BCUT2D eigenvalue weighted by Gasteiger charge is -2.09. The minimum Gasteiger partial charge on any atom is -0.497 e. The second kappa shape index (κ2) is 7.51. The molecule has 0 unspecified atom stereocenters. The van der Waals surface area contributed by atoms with Gasteiger partial charge in [-0.05, 0) is 40.6 Å². The van der Waals surface area contributed by atoms with Crippen LogP contribution < -0.4 is 14.8 Å². The Hall–Kier alpha value is -3.01. The smallest absolute Gasteiger partial charge is 0.258 e. The van der Waals surface area contributed by atoms with Gasteiger partial charge in [0.2, 0.25) is 0 Å². The summed E-state index contributed by atoms with van der Waals surface area (Å²) in [7, 11) is 1.63. The number of methoxy groups -OCH3 is 1. The number of amides is 1. The standard InChI is InChI=1S/C20H19NO3/c1-23-18-9-6-15(7-10-18)13-21-20(22)14-24-19-11-8-16-4-2-3-5-17(16)12-19/h2-12H,13-14H2,1H3,(H,21,22). The van der Waals surface area contributed by atoms with E-state index in [0.29, 0.717) is 12.3 Å². The van der Waals surface area contributed by atoms with E-state index >= 15 is 0 Å². The number of benzene rings is 3. The van der Waals surface area contributed by atoms with Gasteiger partial charge in [-0.1, -0.05) is 42.5 Å². The zero-order valence-electron chi connectivity index (χ0n) is 13.5. The lowest BCUT2D eigenvalue weighted by atomic mass is 10.1. The monoisotopic (exact) mass is 321 g/mol. The quantitative estimate of drug-likeness (QED) is 0.755. The molecule has 0 saturated carbocycles. The highest BCUT2D eigenvalue weighted by atomic mass is 16.5. The van der Waals surface area contributed by atoms with Crippen LogP contribution in [-0.2, 0) is 11.3 Å². The molecule has 0 aliphatic rings. The van der Waals surface area contributed by atoms with E-state index in [-0.39, 0.29) is 12.5 Å². The van der Waals surface area contributed by atoms with Crippen LogP contribution in [-0.4, -0.2) is 19.6 Å². The van der Waals surface area contributed by atoms with Crippen LogP contribution in [0.3, 0.4) is 0 Å². The highest BCUT2D eigenvalue weighted by Crippen LogP contribution is 2.20. The van der Waals surface area contributed by atoms with E-state index in [4.69, 9.17) is 9.47 Å². The zero-order chi connectivity index (χ0) is 16.8. The van der Waals surface area contributed by atoms with Crippen LogP contribution in [0.2, 0.25) is 0 Å². The fourth-order valence-corrected chi connectivity index (χ4v) is 2.40. The third kappa shape index (κ3) is 4.04. The second-order valence-electron chi connectivity index (χ2n) is 5.42. The highest BCUT2D eigenvalue weighted by molar-refractivity contribution is 5.84. The van der Waals surface area contributed by atoms with Gasteiger partial charge >= 0.3 is 0 Å². The Morgan fingerprint density at radius 1 is 0.917 bits per heavy atom. The number of hydrogen-bond acceptors (Lipinski definition) is 3. The van der Waals surface area contributed by atoms with E-state index in [1.807, 2.05) is 66.7 Å². The van der Waals surface area contributed by atoms with Crippen molar-refractivity contribution in [2.75, 3.05) is 13.7 Å². The van der Waals surface area contributed by atoms with Crippen LogP contribution in [0.5, 0.6) is 11.5 Å². The molecule has 122 valence electrons. The Morgan fingerprint density at radius 3 is 2.38 bits per heavy atom. The van der Waals surface area contributed by atoms with Crippen molar-refractivity contribution in [3.63, 3.8) is 0 Å². The van der Waals surface area contributed by atoms with E-state index < -0.39 is 0 Å². The molecule has 3 aromatic rings. The van der Waals surface area contributed by atoms with Gasteiger partial charge in [0.1, 0.15) is 11.5 Å². The van der Waals surface area contributed by atoms with Gasteiger partial charge in [-0.25, -0.2) is 0 Å². The van der Waals surface area contributed by atoms with Crippen LogP contribution in [0.1, 0.15) is 5.56 Å². The summed E-state index contributed by atoms with van der Waals surface area (Å²) in [5, 5.41) is 5.08. The molecule has 0 heterocycles. The molecule has 0 aliphatic heterocycles. The Labute approximate surface area is 141 Å². The van der Waals surface area contributed by atoms with E-state index in [1.54, 1.807) is 7.11 Å². The number of nitrogens with one attached hydrogen (secondary N) is 1. The SMILES string of the molecule is COc1ccc(CNC(=O)COc2ccc3ccccc3c2)cc1. The summed E-state index contributed by atoms with van der Waals surface area (Å²) >= 11 is 0. The fraction of sp³-hybridized carbons (Fsp3) is 0.150. The highest BCUT2D eigenvalue weighted by Gasteiger charge is 2.04. The van der Waals surface area contributed by atoms with Gasteiger partial charge in [0, 0.05) is 6.54 Å². The number of rotatable bonds is 6. The number of hydrogen-bond donors (Lipinski definition) is 1. The molecular weight excluding hydrogens is 302 g/mol. The van der Waals surface area contributed by atoms with Crippen molar-refractivity contribution in [3.05, 3.63) is 72.3 Å². The first-order valence-corrected chi connectivity index (χ1v) is 7.76. The number of carbonyl (C=O) groups is 1. The van der Waals surface area contributed by atoms with Crippen molar-refractivity contribution in [2.24, 2.45) is 0 Å². The largest absolute Gasteiger partial charge is 0.497 e. The topological polar surface area (TPSA) is 47.6 Å². The Morgan fingerprint density at radius 2 is 1.62 bits per heavy atom. The number of carbonyl (C=O) groups excluding carboxylic acids is 1. The van der Waals surface area contributed by atoms with Crippen molar-refractivity contribution in [1.82, 2.24) is 5.32 Å². The second-order valence-corrected chi connectivity index (χ2v) is 5.42. The minimum absolute atomic E-state index is 0.00546. The zero-order valence-corrected chi connectivity index (χ0v) is 13.5. The average molecular weight is 321 g/mol. The van der Waals surface area contributed by atoms with Crippen LogP contribution in [0.4, 0.5) is 0 Å². The summed E-state index contributed by atoms with van der Waals surface area (Å²) in [6.07, 6.45) is 0. The summed E-state index contributed by atoms with van der Waals surface area (Å²) in [6, 6.07) is 21.4. The average Bonchev–Trinajstić information content (AvgIpc) is 2.65. The molecule has 0 spiro atoms.